The van der Waals surface area contributed by atoms with Gasteiger partial charge in [-0.3, -0.25) is 0 Å². The molecule has 0 saturated heterocycles. The Morgan fingerprint density at radius 3 is 2.57 bits per heavy atom. The highest BCUT2D eigenvalue weighted by molar-refractivity contribution is 5.24. The smallest absolute Gasteiger partial charge is 0.139 e. The molecule has 2 atom stereocenters. The zero-order valence-electron chi connectivity index (χ0n) is 8.06. The van der Waals surface area contributed by atoms with Gasteiger partial charge in [-0.2, -0.15) is 5.26 Å². The molecule has 0 radical (unpaired) electrons. The average Bonchev–Trinajstić information content (AvgIpc) is 2.46. The lowest BCUT2D eigenvalue weighted by Gasteiger charge is -2.14. The topological polar surface area (TPSA) is 90.3 Å². The van der Waals surface area contributed by atoms with E-state index in [9.17, 15) is 10.2 Å². The molecule has 0 aromatic carbocycles. The number of nitrogens with zero attached hydrogens (tertiary/aromatic N) is 2. The summed E-state index contributed by atoms with van der Waals surface area (Å²) in [4.78, 5) is 0. The van der Waals surface area contributed by atoms with Crippen LogP contribution in [0.3, 0.4) is 0 Å². The maximum Gasteiger partial charge on any atom is 0.139 e. The van der Waals surface area contributed by atoms with Gasteiger partial charge >= 0.3 is 0 Å². The van der Waals surface area contributed by atoms with E-state index >= 15 is 0 Å². The van der Waals surface area contributed by atoms with Gasteiger partial charge in [-0.25, -0.2) is 0 Å². The summed E-state index contributed by atoms with van der Waals surface area (Å²) in [5, 5.41) is 31.1. The summed E-state index contributed by atoms with van der Waals surface area (Å²) in [5.41, 5.74) is 1.000. The molecule has 0 bridgehead atoms. The fourth-order valence-electron chi connectivity index (χ4n) is 1.31. The monoisotopic (exact) mass is 196 g/mol. The van der Waals surface area contributed by atoms with Crippen molar-refractivity contribution in [3.05, 3.63) is 17.0 Å². The van der Waals surface area contributed by atoms with E-state index in [1.54, 1.807) is 19.9 Å². The van der Waals surface area contributed by atoms with E-state index in [2.05, 4.69) is 5.16 Å². The van der Waals surface area contributed by atoms with Crippen molar-refractivity contribution in [2.75, 3.05) is 0 Å². The minimum absolute atomic E-state index is 0.120. The van der Waals surface area contributed by atoms with Crippen LogP contribution in [0.2, 0.25) is 0 Å². The number of aliphatic hydroxyl groups is 2. The molecule has 1 aromatic rings. The van der Waals surface area contributed by atoms with Gasteiger partial charge < -0.3 is 14.7 Å². The molecule has 0 aliphatic rings. The molecule has 1 aromatic heterocycles. The molecule has 5 nitrogen and oxygen atoms in total. The predicted molar refractivity (Wildman–Crippen MR) is 47.2 cm³/mol. The first-order chi connectivity index (χ1) is 6.57. The molecule has 0 saturated carbocycles. The fourth-order valence-corrected chi connectivity index (χ4v) is 1.31. The van der Waals surface area contributed by atoms with Crippen molar-refractivity contribution in [2.45, 2.75) is 32.5 Å². The third-order valence-electron chi connectivity index (χ3n) is 2.05. The van der Waals surface area contributed by atoms with Crippen LogP contribution in [0.15, 0.2) is 4.52 Å². The second-order valence-electron chi connectivity index (χ2n) is 3.11. The Bertz CT molecular complexity index is 334. The summed E-state index contributed by atoms with van der Waals surface area (Å²) >= 11 is 0. The summed E-state index contributed by atoms with van der Waals surface area (Å²) in [6.07, 6.45) is -2.33. The Morgan fingerprint density at radius 1 is 1.50 bits per heavy atom. The van der Waals surface area contributed by atoms with Crippen LogP contribution in [0.25, 0.3) is 0 Å². The van der Waals surface area contributed by atoms with Crippen LogP contribution in [0.5, 0.6) is 0 Å². The maximum atomic E-state index is 9.67. The summed E-state index contributed by atoms with van der Waals surface area (Å²) in [5.74, 6) is 0.465. The number of hydrogen-bond acceptors (Lipinski definition) is 5. The Hall–Kier alpha value is -1.38. The molecule has 0 aliphatic heterocycles. The van der Waals surface area contributed by atoms with E-state index in [4.69, 9.17) is 9.78 Å². The van der Waals surface area contributed by atoms with E-state index in [0.29, 0.717) is 17.0 Å². The van der Waals surface area contributed by atoms with Crippen LogP contribution < -0.4 is 0 Å². The normalized spacial score (nSPS) is 14.8. The summed E-state index contributed by atoms with van der Waals surface area (Å²) in [7, 11) is 0. The third-order valence-corrected chi connectivity index (χ3v) is 2.05. The van der Waals surface area contributed by atoms with Crippen molar-refractivity contribution in [1.29, 1.82) is 5.26 Å². The van der Waals surface area contributed by atoms with Gasteiger partial charge in [0.25, 0.3) is 0 Å². The molecule has 5 heteroatoms. The van der Waals surface area contributed by atoms with E-state index in [1.165, 1.54) is 0 Å². The van der Waals surface area contributed by atoms with Crippen LogP contribution in [0.1, 0.15) is 29.5 Å². The van der Waals surface area contributed by atoms with Gasteiger partial charge in [-0.05, 0) is 13.8 Å². The van der Waals surface area contributed by atoms with E-state index < -0.39 is 12.2 Å². The number of hydrogen-bond donors (Lipinski definition) is 2. The van der Waals surface area contributed by atoms with Crippen LogP contribution in [-0.4, -0.2) is 21.5 Å². The van der Waals surface area contributed by atoms with E-state index in [-0.39, 0.29) is 6.42 Å². The van der Waals surface area contributed by atoms with Crippen LogP contribution in [0.4, 0.5) is 0 Å². The molecule has 14 heavy (non-hydrogen) atoms. The van der Waals surface area contributed by atoms with Crippen molar-refractivity contribution in [3.8, 4) is 6.07 Å². The van der Waals surface area contributed by atoms with E-state index in [0.717, 1.165) is 0 Å². The summed E-state index contributed by atoms with van der Waals surface area (Å²) in [6, 6.07) is 1.79. The Labute approximate surface area is 81.6 Å². The maximum absolute atomic E-state index is 9.67. The first-order valence-corrected chi connectivity index (χ1v) is 4.23. The lowest BCUT2D eigenvalue weighted by molar-refractivity contribution is 0.0204. The quantitative estimate of drug-likeness (QED) is 0.738. The minimum Gasteiger partial charge on any atom is -0.389 e. The highest BCUT2D eigenvalue weighted by atomic mass is 16.5. The number of nitriles is 1. The number of aromatic nitrogens is 1. The lowest BCUT2D eigenvalue weighted by atomic mass is 10.0. The van der Waals surface area contributed by atoms with Gasteiger partial charge in [0, 0.05) is 5.56 Å². The highest BCUT2D eigenvalue weighted by Crippen LogP contribution is 2.24. The van der Waals surface area contributed by atoms with Crippen molar-refractivity contribution in [3.63, 3.8) is 0 Å². The largest absolute Gasteiger partial charge is 0.389 e. The molecule has 0 fully saturated rings. The van der Waals surface area contributed by atoms with Crippen LogP contribution in [-0.2, 0) is 0 Å². The third kappa shape index (κ3) is 1.92. The van der Waals surface area contributed by atoms with Gasteiger partial charge in [0.1, 0.15) is 11.9 Å². The van der Waals surface area contributed by atoms with Crippen molar-refractivity contribution in [2.24, 2.45) is 0 Å². The second kappa shape index (κ2) is 4.22. The van der Waals surface area contributed by atoms with Gasteiger partial charge in [0.2, 0.25) is 0 Å². The van der Waals surface area contributed by atoms with Crippen LogP contribution >= 0.6 is 0 Å². The van der Waals surface area contributed by atoms with Crippen molar-refractivity contribution < 1.29 is 14.7 Å². The zero-order valence-corrected chi connectivity index (χ0v) is 8.06. The molecular formula is C9H12N2O3. The minimum atomic E-state index is -1.11. The van der Waals surface area contributed by atoms with Gasteiger partial charge in [0.15, 0.2) is 0 Å². The lowest BCUT2D eigenvalue weighted by Crippen LogP contribution is -2.18. The molecule has 2 N–H and O–H groups in total. The summed E-state index contributed by atoms with van der Waals surface area (Å²) < 4.78 is 4.84. The van der Waals surface area contributed by atoms with Crippen molar-refractivity contribution in [1.82, 2.24) is 5.16 Å². The number of aryl methyl sites for hydroxylation is 2. The van der Waals surface area contributed by atoms with E-state index in [1.807, 2.05) is 0 Å². The summed E-state index contributed by atoms with van der Waals surface area (Å²) in [6.45, 7) is 3.33. The fraction of sp³-hybridized carbons (Fsp3) is 0.556. The van der Waals surface area contributed by atoms with Gasteiger partial charge in [-0.15, -0.1) is 0 Å². The molecule has 1 heterocycles. The number of rotatable bonds is 3. The average molecular weight is 196 g/mol. The first-order valence-electron chi connectivity index (χ1n) is 4.23. The molecule has 0 amide bonds. The molecule has 1 rings (SSSR count). The predicted octanol–water partition coefficient (Wildman–Crippen LogP) is 0.599. The van der Waals surface area contributed by atoms with Gasteiger partial charge in [-0.1, -0.05) is 5.16 Å². The number of aliphatic hydroxyl groups excluding tert-OH is 2. The Kier molecular flexibility index (Phi) is 3.23. The standard InChI is InChI=1S/C9H12N2O3/c1-5-8(6(2)14-11-5)9(13)7(12)3-4-10/h7,9,12-13H,3H2,1-2H3. The van der Waals surface area contributed by atoms with Gasteiger partial charge in [0.05, 0.1) is 24.3 Å². The SMILES string of the molecule is Cc1noc(C)c1C(O)C(O)CC#N. The first kappa shape index (κ1) is 10.7. The molecule has 0 aliphatic carbocycles. The molecule has 76 valence electrons. The molecule has 2 unspecified atom stereocenters. The molecular weight excluding hydrogens is 184 g/mol. The van der Waals surface area contributed by atoms with Crippen LogP contribution in [0, 0.1) is 25.2 Å². The highest BCUT2D eigenvalue weighted by Gasteiger charge is 2.24. The van der Waals surface area contributed by atoms with Crippen molar-refractivity contribution >= 4 is 0 Å². The Morgan fingerprint density at radius 2 is 2.14 bits per heavy atom. The molecule has 0 spiro atoms. The second-order valence-corrected chi connectivity index (χ2v) is 3.11. The zero-order chi connectivity index (χ0) is 10.7. The Balaban J connectivity index is 2.89.